The van der Waals surface area contributed by atoms with Crippen molar-refractivity contribution in [3.63, 3.8) is 0 Å². The van der Waals surface area contributed by atoms with E-state index in [0.29, 0.717) is 23.7 Å². The van der Waals surface area contributed by atoms with E-state index in [1.54, 1.807) is 49.6 Å². The van der Waals surface area contributed by atoms with Crippen LogP contribution in [0, 0.1) is 0 Å². The molecule has 0 aliphatic rings. The van der Waals surface area contributed by atoms with E-state index in [1.807, 2.05) is 0 Å². The molecule has 0 atom stereocenters. The zero-order valence-electron chi connectivity index (χ0n) is 14.0. The van der Waals surface area contributed by atoms with Crippen LogP contribution in [0.25, 0.3) is 11.5 Å². The average molecular weight is 393 g/mol. The van der Waals surface area contributed by atoms with Gasteiger partial charge in [0.2, 0.25) is 26.6 Å². The Morgan fingerprint density at radius 3 is 2.46 bits per heavy atom. The molecule has 1 N–H and O–H groups in total. The van der Waals surface area contributed by atoms with Gasteiger partial charge >= 0.3 is 0 Å². The lowest BCUT2D eigenvalue weighted by Gasteiger charge is -2.05. The second kappa shape index (κ2) is 7.90. The molecule has 2 aromatic carbocycles. The third-order valence-corrected chi connectivity index (χ3v) is 5.52. The lowest BCUT2D eigenvalue weighted by molar-refractivity contribution is 0.210. The fraction of sp³-hybridized carbons (Fsp3) is 0.167. The Bertz CT molecular complexity index is 970. The van der Waals surface area contributed by atoms with Crippen molar-refractivity contribution in [1.82, 2.24) is 4.98 Å². The molecular formula is C18H17ClN2O4S. The summed E-state index contributed by atoms with van der Waals surface area (Å²) in [4.78, 5) is 4.38. The van der Waals surface area contributed by atoms with Crippen molar-refractivity contribution < 1.29 is 17.6 Å². The standard InChI is InChI=1S/C18H17ClN2O4S/c1-24-12-11-20-17-18(26(22,23)15-5-3-2-4-6-15)21-16(25-17)13-7-9-14(19)10-8-13/h2-10,20H,11-12H2,1H3. The van der Waals surface area contributed by atoms with Crippen molar-refractivity contribution in [2.24, 2.45) is 0 Å². The molecule has 0 aliphatic heterocycles. The third-order valence-electron chi connectivity index (χ3n) is 3.59. The van der Waals surface area contributed by atoms with Gasteiger partial charge in [0.05, 0.1) is 11.5 Å². The van der Waals surface area contributed by atoms with Crippen LogP contribution in [-0.2, 0) is 14.6 Å². The quantitative estimate of drug-likeness (QED) is 0.614. The summed E-state index contributed by atoms with van der Waals surface area (Å²) in [7, 11) is -2.28. The number of aromatic nitrogens is 1. The maximum Gasteiger partial charge on any atom is 0.233 e. The van der Waals surface area contributed by atoms with Crippen LogP contribution in [0.5, 0.6) is 0 Å². The molecule has 0 saturated carbocycles. The van der Waals surface area contributed by atoms with Crippen molar-refractivity contribution in [3.05, 3.63) is 59.6 Å². The molecule has 0 bridgehead atoms. The van der Waals surface area contributed by atoms with E-state index in [4.69, 9.17) is 20.8 Å². The first-order valence-electron chi connectivity index (χ1n) is 7.82. The van der Waals surface area contributed by atoms with Gasteiger partial charge in [0.1, 0.15) is 0 Å². The minimum atomic E-state index is -3.84. The lowest BCUT2D eigenvalue weighted by Crippen LogP contribution is -2.11. The van der Waals surface area contributed by atoms with Gasteiger partial charge in [-0.05, 0) is 36.4 Å². The largest absolute Gasteiger partial charge is 0.419 e. The number of ether oxygens (including phenoxy) is 1. The minimum absolute atomic E-state index is 0.0795. The molecule has 0 unspecified atom stereocenters. The van der Waals surface area contributed by atoms with Crippen molar-refractivity contribution in [2.45, 2.75) is 9.92 Å². The molecule has 26 heavy (non-hydrogen) atoms. The third kappa shape index (κ3) is 3.90. The highest BCUT2D eigenvalue weighted by Gasteiger charge is 2.28. The first-order chi connectivity index (χ1) is 12.5. The number of anilines is 1. The number of sulfone groups is 1. The van der Waals surface area contributed by atoms with Crippen LogP contribution in [0.1, 0.15) is 0 Å². The van der Waals surface area contributed by atoms with E-state index in [1.165, 1.54) is 12.1 Å². The molecule has 1 aromatic heterocycles. The maximum atomic E-state index is 13.0. The lowest BCUT2D eigenvalue weighted by atomic mass is 10.2. The number of nitrogens with one attached hydrogen (secondary N) is 1. The molecule has 0 radical (unpaired) electrons. The van der Waals surface area contributed by atoms with Crippen LogP contribution >= 0.6 is 11.6 Å². The van der Waals surface area contributed by atoms with Gasteiger partial charge in [0, 0.05) is 24.2 Å². The van der Waals surface area contributed by atoms with Gasteiger partial charge in [-0.25, -0.2) is 8.42 Å². The number of halogens is 1. The molecule has 3 rings (SSSR count). The average Bonchev–Trinajstić information content (AvgIpc) is 3.08. The number of hydrogen-bond donors (Lipinski definition) is 1. The van der Waals surface area contributed by atoms with Crippen LogP contribution in [0.3, 0.4) is 0 Å². The summed E-state index contributed by atoms with van der Waals surface area (Å²) in [5.41, 5.74) is 0.624. The summed E-state index contributed by atoms with van der Waals surface area (Å²) in [5.74, 6) is 0.270. The molecule has 0 aliphatic carbocycles. The summed E-state index contributed by atoms with van der Waals surface area (Å²) < 4.78 is 36.6. The zero-order chi connectivity index (χ0) is 18.6. The van der Waals surface area contributed by atoms with Gasteiger partial charge in [-0.2, -0.15) is 4.98 Å². The first kappa shape index (κ1) is 18.4. The van der Waals surface area contributed by atoms with Crippen molar-refractivity contribution in [3.8, 4) is 11.5 Å². The van der Waals surface area contributed by atoms with Gasteiger partial charge in [-0.15, -0.1) is 0 Å². The van der Waals surface area contributed by atoms with E-state index < -0.39 is 9.84 Å². The molecule has 8 heteroatoms. The molecule has 3 aromatic rings. The molecule has 0 saturated heterocycles. The number of benzene rings is 2. The summed E-state index contributed by atoms with van der Waals surface area (Å²) >= 11 is 5.90. The molecule has 0 amide bonds. The topological polar surface area (TPSA) is 81.4 Å². The van der Waals surface area contributed by atoms with Gasteiger partial charge < -0.3 is 14.5 Å². The monoisotopic (exact) mass is 392 g/mol. The summed E-state index contributed by atoms with van der Waals surface area (Å²) in [5, 5.41) is 3.34. The second-order valence-electron chi connectivity index (χ2n) is 5.40. The number of methoxy groups -OCH3 is 1. The highest BCUT2D eigenvalue weighted by Crippen LogP contribution is 2.32. The van der Waals surface area contributed by atoms with E-state index in [2.05, 4.69) is 10.3 Å². The number of rotatable bonds is 7. The van der Waals surface area contributed by atoms with E-state index >= 15 is 0 Å². The molecule has 0 spiro atoms. The molecule has 136 valence electrons. The second-order valence-corrected chi connectivity index (χ2v) is 7.70. The van der Waals surface area contributed by atoms with Gasteiger partial charge in [-0.3, -0.25) is 0 Å². The van der Waals surface area contributed by atoms with Crippen LogP contribution in [0.4, 0.5) is 5.88 Å². The Morgan fingerprint density at radius 1 is 1.12 bits per heavy atom. The summed E-state index contributed by atoms with van der Waals surface area (Å²) in [6, 6.07) is 14.9. The molecule has 1 heterocycles. The van der Waals surface area contributed by atoms with E-state index in [-0.39, 0.29) is 21.7 Å². The van der Waals surface area contributed by atoms with Gasteiger partial charge in [0.15, 0.2) is 0 Å². The Balaban J connectivity index is 2.06. The fourth-order valence-electron chi connectivity index (χ4n) is 2.29. The fourth-order valence-corrected chi connectivity index (χ4v) is 3.72. The van der Waals surface area contributed by atoms with Crippen molar-refractivity contribution in [1.29, 1.82) is 0 Å². The summed E-state index contributed by atoms with van der Waals surface area (Å²) in [6.07, 6.45) is 0. The SMILES string of the molecule is COCCNc1oc(-c2ccc(Cl)cc2)nc1S(=O)(=O)c1ccccc1. The normalized spacial score (nSPS) is 11.5. The minimum Gasteiger partial charge on any atom is -0.419 e. The maximum absolute atomic E-state index is 13.0. The van der Waals surface area contributed by atoms with Crippen LogP contribution < -0.4 is 5.32 Å². The highest BCUT2D eigenvalue weighted by molar-refractivity contribution is 7.91. The molecule has 0 fully saturated rings. The smallest absolute Gasteiger partial charge is 0.233 e. The Kier molecular flexibility index (Phi) is 5.61. The summed E-state index contributed by atoms with van der Waals surface area (Å²) in [6.45, 7) is 0.769. The molecule has 6 nitrogen and oxygen atoms in total. The van der Waals surface area contributed by atoms with E-state index in [9.17, 15) is 8.42 Å². The van der Waals surface area contributed by atoms with Gasteiger partial charge in [0.25, 0.3) is 0 Å². The predicted octanol–water partition coefficient (Wildman–Crippen LogP) is 3.89. The van der Waals surface area contributed by atoms with Gasteiger partial charge in [-0.1, -0.05) is 29.8 Å². The van der Waals surface area contributed by atoms with Crippen LogP contribution in [-0.4, -0.2) is 33.7 Å². The van der Waals surface area contributed by atoms with Crippen LogP contribution in [0.15, 0.2) is 68.9 Å². The predicted molar refractivity (Wildman–Crippen MR) is 99.2 cm³/mol. The number of hydrogen-bond acceptors (Lipinski definition) is 6. The van der Waals surface area contributed by atoms with E-state index in [0.717, 1.165) is 0 Å². The molecular weight excluding hydrogens is 376 g/mol. The zero-order valence-corrected chi connectivity index (χ0v) is 15.5. The van der Waals surface area contributed by atoms with Crippen molar-refractivity contribution in [2.75, 3.05) is 25.6 Å². The first-order valence-corrected chi connectivity index (χ1v) is 9.68. The highest BCUT2D eigenvalue weighted by atomic mass is 35.5. The Hall–Kier alpha value is -2.35. The number of nitrogens with zero attached hydrogens (tertiary/aromatic N) is 1. The van der Waals surface area contributed by atoms with Crippen LogP contribution in [0.2, 0.25) is 5.02 Å². The Morgan fingerprint density at radius 2 is 1.81 bits per heavy atom. The Labute approximate surface area is 156 Å². The number of oxazole rings is 1. The van der Waals surface area contributed by atoms with Crippen molar-refractivity contribution >= 4 is 27.3 Å².